The minimum atomic E-state index is -0.429. The molecule has 0 aliphatic carbocycles. The minimum absolute atomic E-state index is 0.0824. The minimum Gasteiger partial charge on any atom is -0.467 e. The molecule has 1 aromatic rings. The average Bonchev–Trinajstić information content (AvgIpc) is 2.86. The fraction of sp³-hybridized carbons (Fsp3) is 0.429. The predicted octanol–water partition coefficient (Wildman–Crippen LogP) is 1.77. The number of rotatable bonds is 2. The lowest BCUT2D eigenvalue weighted by molar-refractivity contribution is -0.145. The molecule has 1 aliphatic rings. The molecular formula is C14H17NO3. The molecule has 1 aromatic carbocycles. The van der Waals surface area contributed by atoms with Crippen molar-refractivity contribution in [2.45, 2.75) is 25.8 Å². The summed E-state index contributed by atoms with van der Waals surface area (Å²) in [6.45, 7) is 2.52. The van der Waals surface area contributed by atoms with Gasteiger partial charge in [0.25, 0.3) is 5.91 Å². The van der Waals surface area contributed by atoms with Gasteiger partial charge >= 0.3 is 5.97 Å². The number of methoxy groups -OCH3 is 1. The summed E-state index contributed by atoms with van der Waals surface area (Å²) in [5.74, 6) is -0.407. The van der Waals surface area contributed by atoms with Crippen LogP contribution in [0.5, 0.6) is 0 Å². The van der Waals surface area contributed by atoms with Crippen molar-refractivity contribution >= 4 is 11.9 Å². The molecule has 0 saturated carbocycles. The monoisotopic (exact) mass is 247 g/mol. The Morgan fingerprint density at radius 1 is 1.33 bits per heavy atom. The molecule has 0 spiro atoms. The van der Waals surface area contributed by atoms with Crippen LogP contribution in [0.15, 0.2) is 24.3 Å². The van der Waals surface area contributed by atoms with Crippen molar-refractivity contribution < 1.29 is 14.3 Å². The van der Waals surface area contributed by atoms with Gasteiger partial charge in [-0.3, -0.25) is 4.79 Å². The summed E-state index contributed by atoms with van der Waals surface area (Å²) in [5.41, 5.74) is 1.59. The van der Waals surface area contributed by atoms with E-state index in [0.29, 0.717) is 18.5 Å². The number of likely N-dealkylation sites (tertiary alicyclic amines) is 1. The van der Waals surface area contributed by atoms with Gasteiger partial charge in [-0.1, -0.05) is 18.2 Å². The standard InChI is InChI=1S/C14H17NO3/c1-10-6-3-4-7-11(10)13(16)15-9-5-8-12(15)14(17)18-2/h3-4,6-7,12H,5,8-9H2,1-2H3. The molecule has 4 nitrogen and oxygen atoms in total. The molecule has 1 atom stereocenters. The van der Waals surface area contributed by atoms with Crippen LogP contribution in [0.2, 0.25) is 0 Å². The Labute approximate surface area is 107 Å². The number of amides is 1. The predicted molar refractivity (Wildman–Crippen MR) is 67.3 cm³/mol. The van der Waals surface area contributed by atoms with Crippen LogP contribution >= 0.6 is 0 Å². The first-order valence-electron chi connectivity index (χ1n) is 6.09. The maximum absolute atomic E-state index is 12.4. The molecule has 0 bridgehead atoms. The Hall–Kier alpha value is -1.84. The van der Waals surface area contributed by atoms with Crippen molar-refractivity contribution in [2.24, 2.45) is 0 Å². The maximum Gasteiger partial charge on any atom is 0.328 e. The van der Waals surface area contributed by atoms with Crippen LogP contribution in [0.1, 0.15) is 28.8 Å². The highest BCUT2D eigenvalue weighted by Crippen LogP contribution is 2.22. The van der Waals surface area contributed by atoms with E-state index in [2.05, 4.69) is 0 Å². The molecule has 0 aromatic heterocycles. The SMILES string of the molecule is COC(=O)C1CCCN1C(=O)c1ccccc1C. The van der Waals surface area contributed by atoms with Gasteiger partial charge in [0.2, 0.25) is 0 Å². The number of hydrogen-bond donors (Lipinski definition) is 0. The third-order valence-electron chi connectivity index (χ3n) is 3.36. The molecular weight excluding hydrogens is 230 g/mol. The molecule has 0 N–H and O–H groups in total. The van der Waals surface area contributed by atoms with Gasteiger partial charge in [-0.25, -0.2) is 4.79 Å². The first-order chi connectivity index (χ1) is 8.65. The first kappa shape index (κ1) is 12.6. The lowest BCUT2D eigenvalue weighted by Gasteiger charge is -2.23. The zero-order valence-electron chi connectivity index (χ0n) is 10.7. The van der Waals surface area contributed by atoms with Crippen molar-refractivity contribution in [1.29, 1.82) is 0 Å². The van der Waals surface area contributed by atoms with Crippen molar-refractivity contribution in [3.05, 3.63) is 35.4 Å². The van der Waals surface area contributed by atoms with E-state index in [4.69, 9.17) is 4.74 Å². The second-order valence-corrected chi connectivity index (χ2v) is 4.49. The molecule has 1 aliphatic heterocycles. The number of benzene rings is 1. The molecule has 2 rings (SSSR count). The van der Waals surface area contributed by atoms with Crippen LogP contribution in [0.25, 0.3) is 0 Å². The Morgan fingerprint density at radius 3 is 2.72 bits per heavy atom. The third-order valence-corrected chi connectivity index (χ3v) is 3.36. The first-order valence-corrected chi connectivity index (χ1v) is 6.09. The van der Waals surface area contributed by atoms with E-state index >= 15 is 0 Å². The largest absolute Gasteiger partial charge is 0.467 e. The van der Waals surface area contributed by atoms with E-state index in [9.17, 15) is 9.59 Å². The number of hydrogen-bond acceptors (Lipinski definition) is 3. The number of carbonyl (C=O) groups excluding carboxylic acids is 2. The smallest absolute Gasteiger partial charge is 0.328 e. The molecule has 4 heteroatoms. The Balaban J connectivity index is 2.23. The Morgan fingerprint density at radius 2 is 2.06 bits per heavy atom. The van der Waals surface area contributed by atoms with Crippen molar-refractivity contribution in [1.82, 2.24) is 4.90 Å². The van der Waals surface area contributed by atoms with E-state index in [1.165, 1.54) is 7.11 Å². The van der Waals surface area contributed by atoms with Crippen molar-refractivity contribution in [3.63, 3.8) is 0 Å². The number of aryl methyl sites for hydroxylation is 1. The van der Waals surface area contributed by atoms with E-state index in [0.717, 1.165) is 12.0 Å². The highest BCUT2D eigenvalue weighted by molar-refractivity contribution is 5.98. The third kappa shape index (κ3) is 2.23. The van der Waals surface area contributed by atoms with Crippen LogP contribution in [-0.2, 0) is 9.53 Å². The molecule has 1 saturated heterocycles. The van der Waals surface area contributed by atoms with Crippen molar-refractivity contribution in [3.8, 4) is 0 Å². The molecule has 1 amide bonds. The van der Waals surface area contributed by atoms with E-state index in [-0.39, 0.29) is 11.9 Å². The highest BCUT2D eigenvalue weighted by Gasteiger charge is 2.35. The van der Waals surface area contributed by atoms with Gasteiger partial charge in [0.05, 0.1) is 7.11 Å². The Bertz CT molecular complexity index is 470. The van der Waals surface area contributed by atoms with Crippen LogP contribution in [0.4, 0.5) is 0 Å². The van der Waals surface area contributed by atoms with Gasteiger partial charge < -0.3 is 9.64 Å². The summed E-state index contributed by atoms with van der Waals surface area (Å²) in [4.78, 5) is 25.7. The molecule has 0 radical (unpaired) electrons. The molecule has 1 fully saturated rings. The summed E-state index contributed by atoms with van der Waals surface area (Å²) in [6.07, 6.45) is 1.53. The normalized spacial score (nSPS) is 18.8. The molecule has 1 unspecified atom stereocenters. The highest BCUT2D eigenvalue weighted by atomic mass is 16.5. The summed E-state index contributed by atoms with van der Waals surface area (Å²) in [6, 6.07) is 7.00. The number of carbonyl (C=O) groups is 2. The quantitative estimate of drug-likeness (QED) is 0.748. The van der Waals surface area contributed by atoms with Gasteiger partial charge in [0, 0.05) is 12.1 Å². The van der Waals surface area contributed by atoms with Crippen LogP contribution in [0, 0.1) is 6.92 Å². The number of ether oxygens (including phenoxy) is 1. The molecule has 1 heterocycles. The topological polar surface area (TPSA) is 46.6 Å². The lowest BCUT2D eigenvalue weighted by Crippen LogP contribution is -2.41. The van der Waals surface area contributed by atoms with Crippen molar-refractivity contribution in [2.75, 3.05) is 13.7 Å². The van der Waals surface area contributed by atoms with Crippen LogP contribution < -0.4 is 0 Å². The summed E-state index contributed by atoms with van der Waals surface area (Å²) >= 11 is 0. The van der Waals surface area contributed by atoms with Crippen LogP contribution in [0.3, 0.4) is 0 Å². The second kappa shape index (κ2) is 5.21. The van der Waals surface area contributed by atoms with Crippen LogP contribution in [-0.4, -0.2) is 36.5 Å². The molecule has 96 valence electrons. The van der Waals surface area contributed by atoms with E-state index in [1.54, 1.807) is 11.0 Å². The van der Waals surface area contributed by atoms with Gasteiger partial charge in [0.1, 0.15) is 6.04 Å². The summed E-state index contributed by atoms with van der Waals surface area (Å²) in [7, 11) is 1.36. The number of nitrogens with zero attached hydrogens (tertiary/aromatic N) is 1. The average molecular weight is 247 g/mol. The van der Waals surface area contributed by atoms with E-state index < -0.39 is 6.04 Å². The van der Waals surface area contributed by atoms with E-state index in [1.807, 2.05) is 25.1 Å². The van der Waals surface area contributed by atoms with Gasteiger partial charge in [-0.15, -0.1) is 0 Å². The second-order valence-electron chi connectivity index (χ2n) is 4.49. The molecule has 18 heavy (non-hydrogen) atoms. The van der Waals surface area contributed by atoms with Gasteiger partial charge in [-0.2, -0.15) is 0 Å². The summed E-state index contributed by atoms with van der Waals surface area (Å²) < 4.78 is 4.75. The zero-order chi connectivity index (χ0) is 13.1. The Kier molecular flexibility index (Phi) is 3.65. The number of esters is 1. The lowest BCUT2D eigenvalue weighted by atomic mass is 10.1. The van der Waals surface area contributed by atoms with Gasteiger partial charge in [0.15, 0.2) is 0 Å². The zero-order valence-corrected chi connectivity index (χ0v) is 10.7. The summed E-state index contributed by atoms with van der Waals surface area (Å²) in [5, 5.41) is 0. The fourth-order valence-corrected chi connectivity index (χ4v) is 2.36. The van der Waals surface area contributed by atoms with Gasteiger partial charge in [-0.05, 0) is 31.4 Å². The maximum atomic E-state index is 12.4. The fourth-order valence-electron chi connectivity index (χ4n) is 2.36.